The second-order valence-electron chi connectivity index (χ2n) is 7.67. The molecule has 2 heterocycles. The van der Waals surface area contributed by atoms with Crippen LogP contribution in [0.4, 0.5) is 10.5 Å². The Hall–Kier alpha value is -4.22. The second-order valence-corrected chi connectivity index (χ2v) is 9.11. The molecule has 0 unspecified atom stereocenters. The van der Waals surface area contributed by atoms with Gasteiger partial charge in [-0.3, -0.25) is 9.36 Å². The van der Waals surface area contributed by atoms with Crippen LogP contribution in [0.25, 0.3) is 5.00 Å². The molecule has 37 heavy (non-hydrogen) atoms. The van der Waals surface area contributed by atoms with Crippen molar-refractivity contribution in [2.75, 3.05) is 19.5 Å². The summed E-state index contributed by atoms with van der Waals surface area (Å²) in [6.45, 7) is 1.69. The number of benzene rings is 2. The van der Waals surface area contributed by atoms with E-state index in [4.69, 9.17) is 21.1 Å². The molecule has 0 aliphatic heterocycles. The molecule has 0 spiro atoms. The van der Waals surface area contributed by atoms with E-state index in [1.807, 2.05) is 0 Å². The van der Waals surface area contributed by atoms with Crippen molar-refractivity contribution in [2.24, 2.45) is 0 Å². The molecular formula is C25H22ClN5O5S. The van der Waals surface area contributed by atoms with Gasteiger partial charge in [-0.15, -0.1) is 21.5 Å². The minimum Gasteiger partial charge on any atom is -0.497 e. The largest absolute Gasteiger partial charge is 0.497 e. The number of methoxy groups -OCH3 is 2. The summed E-state index contributed by atoms with van der Waals surface area (Å²) in [5, 5.41) is 14.4. The number of hydrogen-bond acceptors (Lipinski definition) is 8. The van der Waals surface area contributed by atoms with E-state index < -0.39 is 12.0 Å². The van der Waals surface area contributed by atoms with E-state index >= 15 is 0 Å². The average molecular weight is 540 g/mol. The third-order valence-electron chi connectivity index (χ3n) is 5.29. The van der Waals surface area contributed by atoms with E-state index in [9.17, 15) is 14.4 Å². The first-order valence-electron chi connectivity index (χ1n) is 10.9. The Morgan fingerprint density at radius 1 is 1.03 bits per heavy atom. The van der Waals surface area contributed by atoms with E-state index in [2.05, 4.69) is 20.8 Å². The maximum absolute atomic E-state index is 13.5. The third-order valence-corrected chi connectivity index (χ3v) is 6.72. The molecule has 2 N–H and O–H groups in total. The van der Waals surface area contributed by atoms with Gasteiger partial charge in [0.2, 0.25) is 0 Å². The maximum Gasteiger partial charge on any atom is 0.348 e. The molecule has 0 bridgehead atoms. The van der Waals surface area contributed by atoms with Crippen LogP contribution in [0.3, 0.4) is 0 Å². The number of rotatable bonds is 8. The molecule has 2 aromatic heterocycles. The first-order valence-corrected chi connectivity index (χ1v) is 12.1. The van der Waals surface area contributed by atoms with Gasteiger partial charge in [0.1, 0.15) is 21.5 Å². The van der Waals surface area contributed by atoms with Crippen molar-refractivity contribution >= 4 is 46.4 Å². The Balaban J connectivity index is 1.64. The molecule has 190 valence electrons. The lowest BCUT2D eigenvalue weighted by Crippen LogP contribution is -2.29. The minimum atomic E-state index is -0.590. The monoisotopic (exact) mass is 539 g/mol. The lowest BCUT2D eigenvalue weighted by atomic mass is 10.0. The van der Waals surface area contributed by atoms with Crippen LogP contribution < -0.4 is 15.4 Å². The molecule has 0 fully saturated rings. The smallest absolute Gasteiger partial charge is 0.348 e. The molecule has 2 aromatic carbocycles. The van der Waals surface area contributed by atoms with Gasteiger partial charge >= 0.3 is 12.0 Å². The van der Waals surface area contributed by atoms with E-state index in [1.54, 1.807) is 60.0 Å². The minimum absolute atomic E-state index is 0.0121. The number of halogens is 1. The lowest BCUT2D eigenvalue weighted by molar-refractivity contribution is 0.0606. The number of anilines is 1. The van der Waals surface area contributed by atoms with Crippen LogP contribution in [-0.4, -0.2) is 46.8 Å². The van der Waals surface area contributed by atoms with Gasteiger partial charge in [-0.25, -0.2) is 9.59 Å². The maximum atomic E-state index is 13.5. The van der Waals surface area contributed by atoms with Crippen molar-refractivity contribution in [2.45, 2.75) is 13.5 Å². The Morgan fingerprint density at radius 3 is 2.54 bits per heavy atom. The van der Waals surface area contributed by atoms with Crippen LogP contribution in [-0.2, 0) is 11.3 Å². The predicted octanol–water partition coefficient (Wildman–Crippen LogP) is 4.64. The van der Waals surface area contributed by atoms with Gasteiger partial charge in [-0.1, -0.05) is 29.8 Å². The van der Waals surface area contributed by atoms with Crippen LogP contribution in [0.2, 0.25) is 5.02 Å². The highest BCUT2D eigenvalue weighted by Gasteiger charge is 2.26. The van der Waals surface area contributed by atoms with Crippen LogP contribution in [0.15, 0.2) is 54.6 Å². The van der Waals surface area contributed by atoms with Crippen molar-refractivity contribution in [3.63, 3.8) is 0 Å². The van der Waals surface area contributed by atoms with E-state index in [0.29, 0.717) is 28.1 Å². The van der Waals surface area contributed by atoms with Crippen LogP contribution in [0.5, 0.6) is 5.75 Å². The number of ketones is 1. The fraction of sp³-hybridized carbons (Fsp3) is 0.160. The summed E-state index contributed by atoms with van der Waals surface area (Å²) in [6, 6.07) is 14.5. The van der Waals surface area contributed by atoms with Crippen LogP contribution in [0.1, 0.15) is 37.2 Å². The van der Waals surface area contributed by atoms with E-state index in [1.165, 1.54) is 20.3 Å². The van der Waals surface area contributed by atoms with Crippen LogP contribution in [0, 0.1) is 6.92 Å². The van der Waals surface area contributed by atoms with Crippen molar-refractivity contribution < 1.29 is 23.9 Å². The first-order chi connectivity index (χ1) is 17.8. The molecular weight excluding hydrogens is 518 g/mol. The summed E-state index contributed by atoms with van der Waals surface area (Å²) in [4.78, 5) is 38.5. The van der Waals surface area contributed by atoms with Crippen molar-refractivity contribution in [1.29, 1.82) is 0 Å². The number of urea groups is 1. The number of ether oxygens (including phenoxy) is 2. The topological polar surface area (TPSA) is 124 Å². The van der Waals surface area contributed by atoms with Crippen molar-refractivity contribution in [3.05, 3.63) is 87.3 Å². The summed E-state index contributed by atoms with van der Waals surface area (Å²) in [6.07, 6.45) is 0. The molecule has 12 heteroatoms. The summed E-state index contributed by atoms with van der Waals surface area (Å²) in [5.74, 6) is 0.437. The molecule has 0 saturated carbocycles. The average Bonchev–Trinajstić information content (AvgIpc) is 3.50. The molecule has 2 amide bonds. The van der Waals surface area contributed by atoms with Gasteiger partial charge in [0.05, 0.1) is 31.4 Å². The third kappa shape index (κ3) is 5.63. The number of carbonyl (C=O) groups excluding carboxylic acids is 3. The number of aryl methyl sites for hydroxylation is 1. The molecule has 0 saturated heterocycles. The summed E-state index contributed by atoms with van der Waals surface area (Å²) in [7, 11) is 2.80. The number of nitrogens with one attached hydrogen (secondary N) is 2. The number of esters is 1. The van der Waals surface area contributed by atoms with Crippen molar-refractivity contribution in [3.8, 4) is 10.8 Å². The molecule has 0 aliphatic carbocycles. The molecule has 10 nitrogen and oxygen atoms in total. The Morgan fingerprint density at radius 2 is 1.81 bits per heavy atom. The Bertz CT molecular complexity index is 1480. The number of carbonyl (C=O) groups is 3. The normalized spacial score (nSPS) is 10.6. The van der Waals surface area contributed by atoms with Gasteiger partial charge in [0.15, 0.2) is 11.6 Å². The summed E-state index contributed by atoms with van der Waals surface area (Å²) in [5.41, 5.74) is 1.05. The zero-order chi connectivity index (χ0) is 26.5. The lowest BCUT2D eigenvalue weighted by Gasteiger charge is -2.11. The standard InChI is InChI=1S/C25H22ClN5O5S/c1-14-29-30-21(13-27-25(34)28-15-7-6-8-16(11-15)35-2)31(14)23-18(12-20(37-23)24(33)36-3)22(32)17-9-4-5-10-19(17)26/h4-12H,13H2,1-3H3,(H2,27,28,34). The van der Waals surface area contributed by atoms with Crippen LogP contribution >= 0.6 is 22.9 Å². The number of aromatic nitrogens is 3. The molecule has 4 aromatic rings. The first kappa shape index (κ1) is 25.9. The molecule has 0 aliphatic rings. The highest BCUT2D eigenvalue weighted by atomic mass is 35.5. The Kier molecular flexibility index (Phi) is 7.85. The predicted molar refractivity (Wildman–Crippen MR) is 139 cm³/mol. The number of nitrogens with zero attached hydrogens (tertiary/aromatic N) is 3. The van der Waals surface area contributed by atoms with Gasteiger partial charge < -0.3 is 20.1 Å². The fourth-order valence-corrected chi connectivity index (χ4v) is 4.89. The highest BCUT2D eigenvalue weighted by Crippen LogP contribution is 2.32. The SMILES string of the molecule is COC(=O)c1cc(C(=O)c2ccccc2Cl)c(-n2c(C)nnc2CNC(=O)Nc2cccc(OC)c2)s1. The van der Waals surface area contributed by atoms with Crippen molar-refractivity contribution in [1.82, 2.24) is 20.1 Å². The zero-order valence-corrected chi connectivity index (χ0v) is 21.6. The molecule has 0 atom stereocenters. The number of thiophene rings is 1. The van der Waals surface area contributed by atoms with Gasteiger partial charge in [0.25, 0.3) is 0 Å². The molecule has 4 rings (SSSR count). The van der Waals surface area contributed by atoms with Gasteiger partial charge in [-0.05, 0) is 37.3 Å². The van der Waals surface area contributed by atoms with E-state index in [0.717, 1.165) is 11.3 Å². The zero-order valence-electron chi connectivity index (χ0n) is 20.1. The number of hydrogen-bond donors (Lipinski definition) is 2. The summed E-state index contributed by atoms with van der Waals surface area (Å²) >= 11 is 7.32. The number of amides is 2. The van der Waals surface area contributed by atoms with Gasteiger partial charge in [0, 0.05) is 17.3 Å². The quantitative estimate of drug-likeness (QED) is 0.247. The molecule has 0 radical (unpaired) electrons. The fourth-order valence-electron chi connectivity index (χ4n) is 3.52. The highest BCUT2D eigenvalue weighted by molar-refractivity contribution is 7.16. The van der Waals surface area contributed by atoms with Gasteiger partial charge in [-0.2, -0.15) is 0 Å². The second kappa shape index (κ2) is 11.2. The van der Waals surface area contributed by atoms with E-state index in [-0.39, 0.29) is 33.4 Å². The Labute approximate surface area is 221 Å². The summed E-state index contributed by atoms with van der Waals surface area (Å²) < 4.78 is 11.7.